The Morgan fingerprint density at radius 1 is 0.569 bits per heavy atom. The number of hydrogen-bond donors (Lipinski definition) is 2. The van der Waals surface area contributed by atoms with Crippen molar-refractivity contribution in [3.63, 3.8) is 0 Å². The van der Waals surface area contributed by atoms with Crippen LogP contribution in [0.3, 0.4) is 0 Å². The van der Waals surface area contributed by atoms with Crippen molar-refractivity contribution in [3.8, 4) is 34.5 Å². The first-order valence-corrected chi connectivity index (χ1v) is 18.5. The molecule has 0 spiro atoms. The molecule has 51 heavy (non-hydrogen) atoms. The molecule has 0 amide bonds. The van der Waals surface area contributed by atoms with Crippen molar-refractivity contribution in [2.45, 2.75) is 103 Å². The Morgan fingerprint density at radius 2 is 0.941 bits per heavy atom. The van der Waals surface area contributed by atoms with Crippen molar-refractivity contribution in [3.05, 3.63) is 106 Å². The third-order valence-electron chi connectivity index (χ3n) is 10.2. The first-order chi connectivity index (χ1) is 24.3. The largest absolute Gasteiger partial charge is 0.507 e. The van der Waals surface area contributed by atoms with Crippen molar-refractivity contribution in [1.29, 1.82) is 0 Å². The van der Waals surface area contributed by atoms with Gasteiger partial charge in [-0.25, -0.2) is 0 Å². The van der Waals surface area contributed by atoms with E-state index in [1.54, 1.807) is 14.2 Å². The van der Waals surface area contributed by atoms with Crippen LogP contribution in [0.15, 0.2) is 72.8 Å². The highest BCUT2D eigenvalue weighted by molar-refractivity contribution is 5.57. The maximum Gasteiger partial charge on any atom is 0.123 e. The van der Waals surface area contributed by atoms with Gasteiger partial charge in [-0.05, 0) is 100 Å². The van der Waals surface area contributed by atoms with Crippen molar-refractivity contribution in [2.24, 2.45) is 5.92 Å². The van der Waals surface area contributed by atoms with Gasteiger partial charge in [0.15, 0.2) is 0 Å². The van der Waals surface area contributed by atoms with Gasteiger partial charge in [0.1, 0.15) is 34.5 Å². The van der Waals surface area contributed by atoms with Crippen LogP contribution in [0.1, 0.15) is 113 Å². The highest BCUT2D eigenvalue weighted by atomic mass is 16.5. The predicted octanol–water partition coefficient (Wildman–Crippen LogP) is 10.7. The van der Waals surface area contributed by atoms with Gasteiger partial charge in [0.05, 0.1) is 27.4 Å². The highest BCUT2D eigenvalue weighted by Crippen LogP contribution is 2.50. The standard InChI is InChI=1S/C45H58O6/c1-44(2,3)39-28-30(22-24-50-35-18-14-33(48-7)15-19-35)26-37(42(39)46)41(32-12-10-9-11-13-32)38-27-31(29-40(43(38)47)45(4,5)6)23-25-51-36-20-16-34(49-8)17-21-36/h14-21,26-29,32,41,46-47H,9-13,22-25H2,1-8H3. The average molecular weight is 695 g/mol. The Bertz CT molecular complexity index is 1600. The molecule has 1 saturated carbocycles. The molecule has 6 nitrogen and oxygen atoms in total. The number of phenolic OH excluding ortho intramolecular Hbond substituents is 2. The van der Waals surface area contributed by atoms with Crippen molar-refractivity contribution >= 4 is 0 Å². The molecule has 0 saturated heterocycles. The van der Waals surface area contributed by atoms with E-state index < -0.39 is 0 Å². The third kappa shape index (κ3) is 9.52. The van der Waals surface area contributed by atoms with E-state index in [-0.39, 0.29) is 22.7 Å². The summed E-state index contributed by atoms with van der Waals surface area (Å²) in [5, 5.41) is 24.4. The molecule has 2 N–H and O–H groups in total. The molecular formula is C45H58O6. The lowest BCUT2D eigenvalue weighted by Gasteiger charge is -2.35. The van der Waals surface area contributed by atoms with Crippen LogP contribution in [0.25, 0.3) is 0 Å². The Kier molecular flexibility index (Phi) is 12.2. The second-order valence-corrected chi connectivity index (χ2v) is 16.1. The summed E-state index contributed by atoms with van der Waals surface area (Å²) in [6, 6.07) is 23.9. The van der Waals surface area contributed by atoms with E-state index in [0.717, 1.165) is 82.1 Å². The molecule has 0 unspecified atom stereocenters. The minimum atomic E-state index is -0.290. The molecule has 0 radical (unpaired) electrons. The summed E-state index contributed by atoms with van der Waals surface area (Å²) in [6.45, 7) is 13.9. The summed E-state index contributed by atoms with van der Waals surface area (Å²) >= 11 is 0. The van der Waals surface area contributed by atoms with Gasteiger partial charge >= 0.3 is 0 Å². The average Bonchev–Trinajstić information content (AvgIpc) is 3.10. The van der Waals surface area contributed by atoms with Crippen molar-refractivity contribution in [1.82, 2.24) is 0 Å². The number of rotatable bonds is 13. The normalized spacial score (nSPS) is 14.1. The summed E-state index contributed by atoms with van der Waals surface area (Å²) in [5.74, 6) is 3.95. The molecule has 4 aromatic rings. The summed E-state index contributed by atoms with van der Waals surface area (Å²) in [5.41, 5.74) is 5.28. The first-order valence-electron chi connectivity index (χ1n) is 18.5. The quantitative estimate of drug-likeness (QED) is 0.145. The summed E-state index contributed by atoms with van der Waals surface area (Å²) in [4.78, 5) is 0. The van der Waals surface area contributed by atoms with Crippen LogP contribution in [0, 0.1) is 5.92 Å². The van der Waals surface area contributed by atoms with Crippen LogP contribution in [0.4, 0.5) is 0 Å². The van der Waals surface area contributed by atoms with Gasteiger partial charge in [0.2, 0.25) is 0 Å². The van der Waals surface area contributed by atoms with Gasteiger partial charge in [-0.2, -0.15) is 0 Å². The number of benzene rings is 4. The smallest absolute Gasteiger partial charge is 0.123 e. The zero-order chi connectivity index (χ0) is 36.8. The summed E-state index contributed by atoms with van der Waals surface area (Å²) < 4.78 is 22.9. The molecule has 0 aromatic heterocycles. The van der Waals surface area contributed by atoms with Gasteiger partial charge in [-0.3, -0.25) is 0 Å². The number of hydrogen-bond acceptors (Lipinski definition) is 6. The van der Waals surface area contributed by atoms with E-state index in [9.17, 15) is 10.2 Å². The lowest BCUT2D eigenvalue weighted by molar-refractivity contribution is 0.311. The fourth-order valence-electron chi connectivity index (χ4n) is 7.40. The molecule has 1 aliphatic rings. The lowest BCUT2D eigenvalue weighted by atomic mass is 9.70. The fraction of sp³-hybridized carbons (Fsp3) is 0.467. The van der Waals surface area contributed by atoms with E-state index in [4.69, 9.17) is 18.9 Å². The van der Waals surface area contributed by atoms with E-state index >= 15 is 0 Å². The monoisotopic (exact) mass is 694 g/mol. The van der Waals surface area contributed by atoms with E-state index in [1.807, 2.05) is 48.5 Å². The van der Waals surface area contributed by atoms with Gasteiger partial charge in [-0.15, -0.1) is 0 Å². The SMILES string of the molecule is COc1ccc(OCCc2cc(C(c3cc(CCOc4ccc(OC)cc4)cc(C(C)(C)C)c3O)C3CCCCC3)c(O)c(C(C)(C)C)c2)cc1. The van der Waals surface area contributed by atoms with Crippen LogP contribution in [-0.4, -0.2) is 37.6 Å². The van der Waals surface area contributed by atoms with Gasteiger partial charge < -0.3 is 29.2 Å². The minimum Gasteiger partial charge on any atom is -0.507 e. The molecule has 1 aliphatic carbocycles. The van der Waals surface area contributed by atoms with Crippen LogP contribution >= 0.6 is 0 Å². The highest BCUT2D eigenvalue weighted by Gasteiger charge is 2.35. The summed E-state index contributed by atoms with van der Waals surface area (Å²) in [6.07, 6.45) is 6.97. The minimum absolute atomic E-state index is 0.169. The molecule has 6 heteroatoms. The molecule has 5 rings (SSSR count). The van der Waals surface area contributed by atoms with Crippen LogP contribution in [-0.2, 0) is 23.7 Å². The Balaban J connectivity index is 1.55. The van der Waals surface area contributed by atoms with E-state index in [2.05, 4.69) is 65.8 Å². The predicted molar refractivity (Wildman–Crippen MR) is 206 cm³/mol. The first kappa shape index (κ1) is 37.9. The maximum atomic E-state index is 12.2. The second-order valence-electron chi connectivity index (χ2n) is 16.1. The molecule has 4 aromatic carbocycles. The maximum absolute atomic E-state index is 12.2. The molecule has 0 bridgehead atoms. The lowest BCUT2D eigenvalue weighted by Crippen LogP contribution is -2.22. The molecular weight excluding hydrogens is 636 g/mol. The van der Waals surface area contributed by atoms with Crippen LogP contribution in [0.2, 0.25) is 0 Å². The van der Waals surface area contributed by atoms with E-state index in [1.165, 1.54) is 6.42 Å². The Morgan fingerprint density at radius 3 is 1.29 bits per heavy atom. The zero-order valence-corrected chi connectivity index (χ0v) is 32.0. The summed E-state index contributed by atoms with van der Waals surface area (Å²) in [7, 11) is 3.31. The van der Waals surface area contributed by atoms with Crippen LogP contribution < -0.4 is 18.9 Å². The molecule has 1 fully saturated rings. The van der Waals surface area contributed by atoms with Gasteiger partial charge in [0.25, 0.3) is 0 Å². The fourth-order valence-corrected chi connectivity index (χ4v) is 7.40. The zero-order valence-electron chi connectivity index (χ0n) is 32.0. The number of aromatic hydroxyl groups is 2. The van der Waals surface area contributed by atoms with Gasteiger partial charge in [0, 0.05) is 29.9 Å². The van der Waals surface area contributed by atoms with E-state index in [0.29, 0.717) is 37.6 Å². The third-order valence-corrected chi connectivity index (χ3v) is 10.2. The van der Waals surface area contributed by atoms with Crippen LogP contribution in [0.5, 0.6) is 34.5 Å². The molecule has 0 atom stereocenters. The van der Waals surface area contributed by atoms with Crippen molar-refractivity contribution in [2.75, 3.05) is 27.4 Å². The number of ether oxygens (including phenoxy) is 4. The molecule has 0 heterocycles. The number of phenols is 2. The molecule has 0 aliphatic heterocycles. The second kappa shape index (κ2) is 16.4. The van der Waals surface area contributed by atoms with Crippen molar-refractivity contribution < 1.29 is 29.2 Å². The number of methoxy groups -OCH3 is 2. The Labute approximate surface area is 305 Å². The molecule has 274 valence electrons. The topological polar surface area (TPSA) is 77.4 Å². The Hall–Kier alpha value is -4.32. The van der Waals surface area contributed by atoms with Gasteiger partial charge in [-0.1, -0.05) is 85.1 Å².